The Morgan fingerprint density at radius 1 is 0.938 bits per heavy atom. The van der Waals surface area contributed by atoms with Crippen molar-refractivity contribution in [2.45, 2.75) is 11.8 Å². The van der Waals surface area contributed by atoms with Gasteiger partial charge in [-0.1, -0.05) is 30.3 Å². The molecule has 10 heteroatoms. The Labute approximate surface area is 184 Å². The number of nitrogens with zero attached hydrogens (tertiary/aromatic N) is 5. The molecule has 0 radical (unpaired) electrons. The van der Waals surface area contributed by atoms with Crippen LogP contribution in [-0.4, -0.2) is 29.1 Å². The van der Waals surface area contributed by atoms with Crippen molar-refractivity contribution in [2.24, 2.45) is 15.4 Å². The Balaban J connectivity index is 1.79. The van der Waals surface area contributed by atoms with Crippen LogP contribution in [0.3, 0.4) is 0 Å². The van der Waals surface area contributed by atoms with Crippen LogP contribution in [0, 0.1) is 6.92 Å². The van der Waals surface area contributed by atoms with Gasteiger partial charge in [-0.3, -0.25) is 9.78 Å². The molecule has 32 heavy (non-hydrogen) atoms. The van der Waals surface area contributed by atoms with Gasteiger partial charge in [-0.25, -0.2) is 13.6 Å². The van der Waals surface area contributed by atoms with Crippen molar-refractivity contribution in [3.05, 3.63) is 90.4 Å². The Kier molecular flexibility index (Phi) is 5.71. The van der Waals surface area contributed by atoms with E-state index in [1.807, 2.05) is 30.3 Å². The number of pyridine rings is 1. The van der Waals surface area contributed by atoms with E-state index < -0.39 is 10.0 Å². The van der Waals surface area contributed by atoms with Crippen LogP contribution in [0.1, 0.15) is 16.1 Å². The second kappa shape index (κ2) is 8.61. The zero-order valence-corrected chi connectivity index (χ0v) is 17.8. The van der Waals surface area contributed by atoms with Crippen LogP contribution >= 0.6 is 0 Å². The van der Waals surface area contributed by atoms with E-state index in [-0.39, 0.29) is 10.8 Å². The number of aromatic nitrogens is 3. The maximum atomic E-state index is 13.1. The minimum absolute atomic E-state index is 0.0200. The van der Waals surface area contributed by atoms with Gasteiger partial charge < -0.3 is 0 Å². The van der Waals surface area contributed by atoms with Crippen molar-refractivity contribution in [3.63, 3.8) is 0 Å². The Morgan fingerprint density at radius 2 is 1.59 bits per heavy atom. The maximum absolute atomic E-state index is 13.1. The quantitative estimate of drug-likeness (QED) is 0.463. The molecule has 0 aliphatic rings. The topological polar surface area (TPSA) is 133 Å². The molecule has 0 fully saturated rings. The summed E-state index contributed by atoms with van der Waals surface area (Å²) < 4.78 is 24.2. The van der Waals surface area contributed by atoms with E-state index in [9.17, 15) is 13.2 Å². The predicted octanol–water partition coefficient (Wildman–Crippen LogP) is 4.00. The van der Waals surface area contributed by atoms with Crippen LogP contribution < -0.4 is 5.14 Å². The smallest absolute Gasteiger partial charge is 0.267 e. The van der Waals surface area contributed by atoms with Gasteiger partial charge in [-0.15, -0.1) is 5.11 Å². The number of rotatable bonds is 5. The van der Waals surface area contributed by atoms with Crippen LogP contribution in [0.15, 0.2) is 94.2 Å². The largest absolute Gasteiger partial charge is 0.278 e. The lowest BCUT2D eigenvalue weighted by molar-refractivity contribution is 0.0946. The number of carbonyl (C=O) groups excluding carboxylic acids is 1. The van der Waals surface area contributed by atoms with Gasteiger partial charge in [0, 0.05) is 23.5 Å². The highest BCUT2D eigenvalue weighted by Crippen LogP contribution is 2.35. The maximum Gasteiger partial charge on any atom is 0.278 e. The number of primary sulfonamides is 1. The second-order valence-corrected chi connectivity index (χ2v) is 8.40. The number of aryl methyl sites for hydroxylation is 1. The normalized spacial score (nSPS) is 11.7. The SMILES string of the molecule is Cc1nn(C(=O)c2ccncc2)c(-c2ccccc2)c1N=Nc1ccc(S(N)(=O)=O)cc1. The van der Waals surface area contributed by atoms with Gasteiger partial charge in [-0.2, -0.15) is 14.9 Å². The van der Waals surface area contributed by atoms with E-state index in [0.29, 0.717) is 28.3 Å². The van der Waals surface area contributed by atoms with Gasteiger partial charge in [0.2, 0.25) is 10.0 Å². The number of hydrogen-bond donors (Lipinski definition) is 1. The second-order valence-electron chi connectivity index (χ2n) is 6.84. The van der Waals surface area contributed by atoms with E-state index in [1.165, 1.54) is 41.3 Å². The van der Waals surface area contributed by atoms with Crippen molar-refractivity contribution in [3.8, 4) is 11.3 Å². The fourth-order valence-electron chi connectivity index (χ4n) is 3.07. The zero-order chi connectivity index (χ0) is 22.7. The van der Waals surface area contributed by atoms with Gasteiger partial charge in [0.1, 0.15) is 11.4 Å². The highest BCUT2D eigenvalue weighted by atomic mass is 32.2. The number of hydrogen-bond acceptors (Lipinski definition) is 7. The molecule has 0 aliphatic heterocycles. The van der Waals surface area contributed by atoms with Crippen LogP contribution in [0.4, 0.5) is 11.4 Å². The summed E-state index contributed by atoms with van der Waals surface area (Å²) in [5, 5.41) is 18.1. The number of nitrogens with two attached hydrogens (primary N) is 1. The molecule has 2 aromatic heterocycles. The van der Waals surface area contributed by atoms with Crippen molar-refractivity contribution in [1.82, 2.24) is 14.8 Å². The summed E-state index contributed by atoms with van der Waals surface area (Å²) in [7, 11) is -3.80. The fourth-order valence-corrected chi connectivity index (χ4v) is 3.58. The number of benzene rings is 2. The van der Waals surface area contributed by atoms with Crippen molar-refractivity contribution < 1.29 is 13.2 Å². The van der Waals surface area contributed by atoms with Crippen LogP contribution in [0.5, 0.6) is 0 Å². The van der Waals surface area contributed by atoms with Crippen LogP contribution in [0.2, 0.25) is 0 Å². The molecule has 0 saturated carbocycles. The fraction of sp³-hybridized carbons (Fsp3) is 0.0455. The van der Waals surface area contributed by atoms with E-state index in [0.717, 1.165) is 5.56 Å². The van der Waals surface area contributed by atoms with Gasteiger partial charge in [0.15, 0.2) is 0 Å². The summed E-state index contributed by atoms with van der Waals surface area (Å²) in [6.07, 6.45) is 3.08. The first-order valence-corrected chi connectivity index (χ1v) is 11.0. The zero-order valence-electron chi connectivity index (χ0n) is 17.0. The summed E-state index contributed by atoms with van der Waals surface area (Å²) >= 11 is 0. The molecule has 4 aromatic rings. The lowest BCUT2D eigenvalue weighted by Crippen LogP contribution is -2.15. The van der Waals surface area contributed by atoms with Crippen LogP contribution in [-0.2, 0) is 10.0 Å². The van der Waals surface area contributed by atoms with Gasteiger partial charge >= 0.3 is 0 Å². The molecular formula is C22H18N6O3S. The molecule has 160 valence electrons. The molecule has 0 aliphatic carbocycles. The number of sulfonamides is 1. The lowest BCUT2D eigenvalue weighted by atomic mass is 10.1. The summed E-state index contributed by atoms with van der Waals surface area (Å²) in [6, 6.07) is 18.2. The van der Waals surface area contributed by atoms with Crippen LogP contribution in [0.25, 0.3) is 11.3 Å². The number of azo groups is 1. The van der Waals surface area contributed by atoms with Crippen molar-refractivity contribution >= 4 is 27.3 Å². The third-order valence-electron chi connectivity index (χ3n) is 4.63. The first-order chi connectivity index (χ1) is 15.3. The minimum Gasteiger partial charge on any atom is -0.267 e. The Bertz CT molecular complexity index is 1400. The average molecular weight is 446 g/mol. The molecule has 2 aromatic carbocycles. The molecule has 4 rings (SSSR count). The number of carbonyl (C=O) groups is 1. The highest BCUT2D eigenvalue weighted by molar-refractivity contribution is 7.89. The summed E-state index contributed by atoms with van der Waals surface area (Å²) in [5.74, 6) is -0.326. The van der Waals surface area contributed by atoms with E-state index in [2.05, 4.69) is 20.3 Å². The monoisotopic (exact) mass is 446 g/mol. The molecule has 0 unspecified atom stereocenters. The molecule has 2 N–H and O–H groups in total. The van der Waals surface area contributed by atoms with Gasteiger partial charge in [0.25, 0.3) is 5.91 Å². The van der Waals surface area contributed by atoms with Crippen molar-refractivity contribution in [1.29, 1.82) is 0 Å². The standard InChI is InChI=1S/C22H18N6O3S/c1-15-20(26-25-18-7-9-19(10-8-18)32(23,30)31)21(16-5-3-2-4-6-16)28(27-15)22(29)17-11-13-24-14-12-17/h2-14H,1H3,(H2,23,30,31). The molecule has 0 saturated heterocycles. The Hall–Kier alpha value is -4.02. The molecular weight excluding hydrogens is 428 g/mol. The molecule has 0 amide bonds. The summed E-state index contributed by atoms with van der Waals surface area (Å²) in [6.45, 7) is 1.74. The third kappa shape index (κ3) is 4.36. The first-order valence-electron chi connectivity index (χ1n) is 9.49. The molecule has 0 spiro atoms. The minimum atomic E-state index is -3.80. The van der Waals surface area contributed by atoms with E-state index in [4.69, 9.17) is 5.14 Å². The molecule has 9 nitrogen and oxygen atoms in total. The Morgan fingerprint density at radius 3 is 2.22 bits per heavy atom. The van der Waals surface area contributed by atoms with Crippen molar-refractivity contribution in [2.75, 3.05) is 0 Å². The first kappa shape index (κ1) is 21.2. The predicted molar refractivity (Wildman–Crippen MR) is 118 cm³/mol. The molecule has 0 bridgehead atoms. The lowest BCUT2D eigenvalue weighted by Gasteiger charge is -2.07. The highest BCUT2D eigenvalue weighted by Gasteiger charge is 2.22. The van der Waals surface area contributed by atoms with Gasteiger partial charge in [-0.05, 0) is 43.3 Å². The van der Waals surface area contributed by atoms with E-state index >= 15 is 0 Å². The average Bonchev–Trinajstić information content (AvgIpc) is 3.14. The summed E-state index contributed by atoms with van der Waals surface area (Å²) in [4.78, 5) is 17.1. The van der Waals surface area contributed by atoms with E-state index in [1.54, 1.807) is 19.1 Å². The summed E-state index contributed by atoms with van der Waals surface area (Å²) in [5.41, 5.74) is 3.03. The molecule has 2 heterocycles. The van der Waals surface area contributed by atoms with Gasteiger partial charge in [0.05, 0.1) is 16.3 Å². The molecule has 0 atom stereocenters. The third-order valence-corrected chi connectivity index (χ3v) is 5.56.